The molecule has 6 nitrogen and oxygen atoms in total. The maximum atomic E-state index is 12.8. The van der Waals surface area contributed by atoms with Crippen molar-refractivity contribution < 1.29 is 13.2 Å². The molecule has 0 saturated carbocycles. The van der Waals surface area contributed by atoms with E-state index >= 15 is 0 Å². The van der Waals surface area contributed by atoms with Gasteiger partial charge in [-0.05, 0) is 62.2 Å². The number of rotatable bonds is 8. The van der Waals surface area contributed by atoms with E-state index in [0.29, 0.717) is 11.6 Å². The number of amides is 1. The second kappa shape index (κ2) is 10.9. The zero-order valence-electron chi connectivity index (χ0n) is 18.4. The lowest BCUT2D eigenvalue weighted by Crippen LogP contribution is -2.47. The molecule has 0 bridgehead atoms. The number of sulfonamides is 1. The highest BCUT2D eigenvalue weighted by Crippen LogP contribution is 2.29. The molecule has 0 aromatic heterocycles. The van der Waals surface area contributed by atoms with Gasteiger partial charge in [-0.3, -0.25) is 14.0 Å². The molecule has 1 aliphatic rings. The summed E-state index contributed by atoms with van der Waals surface area (Å²) in [6.07, 6.45) is 4.84. The largest absolute Gasteiger partial charge is 0.350 e. The van der Waals surface area contributed by atoms with E-state index in [9.17, 15) is 13.2 Å². The molecule has 174 valence electrons. The van der Waals surface area contributed by atoms with Crippen LogP contribution in [0.5, 0.6) is 0 Å². The van der Waals surface area contributed by atoms with Crippen LogP contribution in [0, 0.1) is 0 Å². The number of carbonyl (C=O) groups is 1. The summed E-state index contributed by atoms with van der Waals surface area (Å²) < 4.78 is 25.9. The fourth-order valence-corrected chi connectivity index (χ4v) is 5.44. The van der Waals surface area contributed by atoms with Crippen molar-refractivity contribution in [1.82, 2.24) is 10.2 Å². The van der Waals surface area contributed by atoms with E-state index in [4.69, 9.17) is 23.2 Å². The van der Waals surface area contributed by atoms with Gasteiger partial charge in [0.15, 0.2) is 0 Å². The first-order valence-corrected chi connectivity index (χ1v) is 13.3. The molecule has 3 rings (SSSR count). The van der Waals surface area contributed by atoms with Gasteiger partial charge in [-0.2, -0.15) is 0 Å². The normalized spacial score (nSPS) is 15.9. The third-order valence-corrected chi connectivity index (χ3v) is 7.54. The Balaban J connectivity index is 1.67. The molecule has 1 fully saturated rings. The van der Waals surface area contributed by atoms with Gasteiger partial charge in [0.1, 0.15) is 6.04 Å². The lowest BCUT2D eigenvalue weighted by Gasteiger charge is -2.28. The van der Waals surface area contributed by atoms with Crippen LogP contribution < -0.4 is 9.62 Å². The van der Waals surface area contributed by atoms with Crippen molar-refractivity contribution in [3.8, 4) is 0 Å². The first kappa shape index (κ1) is 24.8. The fourth-order valence-electron chi connectivity index (χ4n) is 3.98. The van der Waals surface area contributed by atoms with Crippen molar-refractivity contribution in [2.24, 2.45) is 0 Å². The van der Waals surface area contributed by atoms with E-state index in [-0.39, 0.29) is 10.7 Å². The van der Waals surface area contributed by atoms with Crippen molar-refractivity contribution >= 4 is 44.8 Å². The molecule has 0 aliphatic carbocycles. The third-order valence-electron chi connectivity index (χ3n) is 5.56. The summed E-state index contributed by atoms with van der Waals surface area (Å²) in [5.74, 6) is -0.400. The van der Waals surface area contributed by atoms with E-state index in [1.165, 1.54) is 43.0 Å². The highest BCUT2D eigenvalue weighted by Gasteiger charge is 2.29. The first-order chi connectivity index (χ1) is 15.1. The minimum Gasteiger partial charge on any atom is -0.350 e. The Kier molecular flexibility index (Phi) is 8.44. The smallest absolute Gasteiger partial charge is 0.243 e. The number of hydrogen-bond acceptors (Lipinski definition) is 4. The van der Waals surface area contributed by atoms with Crippen molar-refractivity contribution in [3.63, 3.8) is 0 Å². The quantitative estimate of drug-likeness (QED) is 0.584. The van der Waals surface area contributed by atoms with E-state index in [2.05, 4.69) is 22.3 Å². The van der Waals surface area contributed by atoms with Gasteiger partial charge in [0, 0.05) is 13.1 Å². The predicted molar refractivity (Wildman–Crippen MR) is 131 cm³/mol. The summed E-state index contributed by atoms with van der Waals surface area (Å²) in [6, 6.07) is 11.7. The van der Waals surface area contributed by atoms with Crippen molar-refractivity contribution in [1.29, 1.82) is 0 Å². The van der Waals surface area contributed by atoms with Gasteiger partial charge in [-0.25, -0.2) is 8.42 Å². The summed E-state index contributed by atoms with van der Waals surface area (Å²) >= 11 is 12.0. The Morgan fingerprint density at radius 3 is 2.41 bits per heavy atom. The maximum Gasteiger partial charge on any atom is 0.243 e. The maximum absolute atomic E-state index is 12.8. The lowest BCUT2D eigenvalue weighted by molar-refractivity contribution is -0.122. The number of anilines is 1. The summed E-state index contributed by atoms with van der Waals surface area (Å²) in [7, 11) is -3.73. The molecule has 0 spiro atoms. The van der Waals surface area contributed by atoms with Crippen LogP contribution in [0.25, 0.3) is 0 Å². The van der Waals surface area contributed by atoms with Crippen molar-refractivity contribution in [2.45, 2.75) is 45.3 Å². The van der Waals surface area contributed by atoms with Gasteiger partial charge in [0.05, 0.1) is 22.0 Å². The van der Waals surface area contributed by atoms with Crippen LogP contribution >= 0.6 is 23.2 Å². The van der Waals surface area contributed by atoms with Gasteiger partial charge >= 0.3 is 0 Å². The van der Waals surface area contributed by atoms with Crippen LogP contribution in [0.4, 0.5) is 5.69 Å². The van der Waals surface area contributed by atoms with Gasteiger partial charge in [0.2, 0.25) is 15.9 Å². The molecule has 1 unspecified atom stereocenters. The Labute approximate surface area is 200 Å². The predicted octanol–water partition coefficient (Wildman–Crippen LogP) is 4.45. The monoisotopic (exact) mass is 497 g/mol. The van der Waals surface area contributed by atoms with Crippen LogP contribution in [0.1, 0.15) is 37.3 Å². The van der Waals surface area contributed by atoms with E-state index in [0.717, 1.165) is 35.8 Å². The number of carbonyl (C=O) groups excluding carboxylic acids is 1. The molecule has 1 amide bonds. The summed E-state index contributed by atoms with van der Waals surface area (Å²) in [4.78, 5) is 15.3. The van der Waals surface area contributed by atoms with Crippen LogP contribution in [0.3, 0.4) is 0 Å². The number of hydrogen-bond donors (Lipinski definition) is 1. The first-order valence-electron chi connectivity index (χ1n) is 10.7. The summed E-state index contributed by atoms with van der Waals surface area (Å²) in [5.41, 5.74) is 2.47. The third kappa shape index (κ3) is 6.61. The van der Waals surface area contributed by atoms with Gasteiger partial charge in [-0.15, -0.1) is 0 Å². The van der Waals surface area contributed by atoms with Crippen LogP contribution in [0.2, 0.25) is 10.0 Å². The second-order valence-corrected chi connectivity index (χ2v) is 10.9. The van der Waals surface area contributed by atoms with Gasteiger partial charge < -0.3 is 5.32 Å². The number of nitrogens with zero attached hydrogens (tertiary/aromatic N) is 2. The molecular formula is C23H29Cl2N3O3S. The Hall–Kier alpha value is -1.80. The van der Waals surface area contributed by atoms with E-state index in [1.807, 2.05) is 12.1 Å². The topological polar surface area (TPSA) is 69.7 Å². The molecule has 1 atom stereocenters. The number of nitrogens with one attached hydrogen (secondary N) is 1. The zero-order chi connectivity index (χ0) is 23.3. The minimum absolute atomic E-state index is 0.218. The van der Waals surface area contributed by atoms with Crippen molar-refractivity contribution in [2.75, 3.05) is 23.7 Å². The van der Waals surface area contributed by atoms with E-state index in [1.54, 1.807) is 6.92 Å². The Morgan fingerprint density at radius 1 is 1.06 bits per heavy atom. The molecule has 1 aliphatic heterocycles. The van der Waals surface area contributed by atoms with Crippen LogP contribution in [-0.2, 0) is 27.9 Å². The molecule has 1 saturated heterocycles. The number of halogens is 2. The van der Waals surface area contributed by atoms with E-state index < -0.39 is 22.0 Å². The SMILES string of the molecule is CC(C(=O)NCc1cccc(CN2CCCCC2)c1)N(c1ccc(Cl)c(Cl)c1)S(C)(=O)=O. The molecule has 2 aromatic carbocycles. The van der Waals surface area contributed by atoms with Gasteiger partial charge in [0.25, 0.3) is 0 Å². The number of benzene rings is 2. The molecular weight excluding hydrogens is 469 g/mol. The molecule has 2 aromatic rings. The zero-order valence-corrected chi connectivity index (χ0v) is 20.7. The number of likely N-dealkylation sites (tertiary alicyclic amines) is 1. The lowest BCUT2D eigenvalue weighted by atomic mass is 10.1. The molecule has 9 heteroatoms. The van der Waals surface area contributed by atoms with Gasteiger partial charge in [-0.1, -0.05) is 53.9 Å². The second-order valence-electron chi connectivity index (χ2n) is 8.21. The summed E-state index contributed by atoms with van der Waals surface area (Å²) in [6.45, 7) is 5.00. The van der Waals surface area contributed by atoms with Crippen molar-refractivity contribution in [3.05, 3.63) is 63.6 Å². The minimum atomic E-state index is -3.73. The molecule has 1 heterocycles. The van der Waals surface area contributed by atoms with Crippen LogP contribution in [-0.4, -0.2) is 44.6 Å². The highest BCUT2D eigenvalue weighted by molar-refractivity contribution is 7.92. The average molecular weight is 498 g/mol. The Morgan fingerprint density at radius 2 is 1.75 bits per heavy atom. The number of piperidine rings is 1. The fraction of sp³-hybridized carbons (Fsp3) is 0.435. The van der Waals surface area contributed by atoms with Crippen LogP contribution in [0.15, 0.2) is 42.5 Å². The molecule has 0 radical (unpaired) electrons. The highest BCUT2D eigenvalue weighted by atomic mass is 35.5. The summed E-state index contributed by atoms with van der Waals surface area (Å²) in [5, 5.41) is 3.39. The Bertz CT molecular complexity index is 1060. The standard InChI is InChI=1S/C23H29Cl2N3O3S/c1-17(28(32(2,30)31)20-9-10-21(24)22(25)14-20)23(29)26-15-18-7-6-8-19(13-18)16-27-11-4-3-5-12-27/h6-10,13-14,17H,3-5,11-12,15-16H2,1-2H3,(H,26,29). The molecule has 1 N–H and O–H groups in total. The average Bonchev–Trinajstić information content (AvgIpc) is 2.74. The molecule has 32 heavy (non-hydrogen) atoms.